The van der Waals surface area contributed by atoms with Crippen molar-refractivity contribution in [2.45, 2.75) is 31.2 Å². The molecule has 0 spiro atoms. The van der Waals surface area contributed by atoms with Gasteiger partial charge >= 0.3 is 5.97 Å². The van der Waals surface area contributed by atoms with Crippen LogP contribution in [-0.2, 0) is 19.6 Å². The molecule has 31 heavy (non-hydrogen) atoms. The van der Waals surface area contributed by atoms with Crippen LogP contribution in [0.5, 0.6) is 0 Å². The highest BCUT2D eigenvalue weighted by molar-refractivity contribution is 7.89. The molecule has 7 nitrogen and oxygen atoms in total. The number of terminal acetylenes is 1. The molecule has 0 fully saturated rings. The van der Waals surface area contributed by atoms with Crippen molar-refractivity contribution >= 4 is 21.9 Å². The summed E-state index contributed by atoms with van der Waals surface area (Å²) in [5.74, 6) is 1.40. The van der Waals surface area contributed by atoms with Crippen LogP contribution in [0.2, 0.25) is 0 Å². The number of ether oxygens (including phenoxy) is 1. The maximum Gasteiger partial charge on any atom is 0.338 e. The first kappa shape index (κ1) is 24.1. The number of hydrogen-bond acceptors (Lipinski definition) is 5. The van der Waals surface area contributed by atoms with E-state index in [0.717, 1.165) is 12.0 Å². The smallest absolute Gasteiger partial charge is 0.338 e. The Bertz CT molecular complexity index is 1030. The average Bonchev–Trinajstić information content (AvgIpc) is 2.76. The molecule has 164 valence electrons. The van der Waals surface area contributed by atoms with Crippen molar-refractivity contribution in [1.29, 1.82) is 0 Å². The summed E-state index contributed by atoms with van der Waals surface area (Å²) in [7, 11) is -3.75. The maximum absolute atomic E-state index is 12.3. The summed E-state index contributed by atoms with van der Waals surface area (Å²) in [4.78, 5) is 24.5. The Morgan fingerprint density at radius 2 is 1.71 bits per heavy atom. The summed E-state index contributed by atoms with van der Waals surface area (Å²) in [6.07, 6.45) is 5.79. The molecule has 1 unspecified atom stereocenters. The van der Waals surface area contributed by atoms with Crippen LogP contribution >= 0.6 is 0 Å². The first-order valence-electron chi connectivity index (χ1n) is 9.77. The number of benzene rings is 2. The molecule has 2 aromatic carbocycles. The first-order chi connectivity index (χ1) is 14.7. The Morgan fingerprint density at radius 3 is 2.29 bits per heavy atom. The van der Waals surface area contributed by atoms with Crippen molar-refractivity contribution in [3.8, 4) is 12.3 Å². The van der Waals surface area contributed by atoms with Crippen LogP contribution in [0.25, 0.3) is 0 Å². The van der Waals surface area contributed by atoms with Crippen molar-refractivity contribution in [1.82, 2.24) is 10.0 Å². The fourth-order valence-electron chi connectivity index (χ4n) is 2.88. The first-order valence-corrected chi connectivity index (χ1v) is 11.3. The van der Waals surface area contributed by atoms with Gasteiger partial charge in [0.25, 0.3) is 5.91 Å². The van der Waals surface area contributed by atoms with Gasteiger partial charge in [0.05, 0.1) is 23.0 Å². The molecule has 1 atom stereocenters. The van der Waals surface area contributed by atoms with Crippen molar-refractivity contribution in [3.05, 3.63) is 65.7 Å². The lowest BCUT2D eigenvalue weighted by Gasteiger charge is -2.21. The summed E-state index contributed by atoms with van der Waals surface area (Å²) in [6, 6.07) is 14.6. The maximum atomic E-state index is 12.3. The minimum Gasteiger partial charge on any atom is -0.452 e. The number of rotatable bonds is 10. The monoisotopic (exact) mass is 442 g/mol. The summed E-state index contributed by atoms with van der Waals surface area (Å²) < 4.78 is 31.3. The minimum absolute atomic E-state index is 0.0311. The van der Waals surface area contributed by atoms with Crippen molar-refractivity contribution in [2.24, 2.45) is 5.92 Å². The van der Waals surface area contributed by atoms with E-state index in [1.165, 1.54) is 24.3 Å². The van der Waals surface area contributed by atoms with Crippen LogP contribution in [0.4, 0.5) is 0 Å². The van der Waals surface area contributed by atoms with Gasteiger partial charge in [-0.2, -0.15) is 4.72 Å². The predicted octanol–water partition coefficient (Wildman–Crippen LogP) is 2.66. The summed E-state index contributed by atoms with van der Waals surface area (Å²) in [5.41, 5.74) is 1.11. The Labute approximate surface area is 183 Å². The summed E-state index contributed by atoms with van der Waals surface area (Å²) in [5, 5.41) is 2.90. The Morgan fingerprint density at radius 1 is 1.06 bits per heavy atom. The van der Waals surface area contributed by atoms with Crippen molar-refractivity contribution in [3.63, 3.8) is 0 Å². The normalized spacial score (nSPS) is 12.1. The topological polar surface area (TPSA) is 102 Å². The quantitative estimate of drug-likeness (QED) is 0.435. The van der Waals surface area contributed by atoms with Gasteiger partial charge in [-0.25, -0.2) is 13.2 Å². The molecule has 0 radical (unpaired) electrons. The summed E-state index contributed by atoms with van der Waals surface area (Å²) in [6.45, 7) is 3.55. The van der Waals surface area contributed by atoms with Gasteiger partial charge in [-0.3, -0.25) is 4.79 Å². The standard InChI is InChI=1S/C23H26N2O5S/c1-4-14-24-31(28,29)20-12-10-19(11-13-20)23(27)30-16-22(26)25-21(15-17(2)3)18-8-6-5-7-9-18/h1,5-13,17,21,24H,14-16H2,2-3H3,(H,25,26). The molecule has 0 aromatic heterocycles. The van der Waals surface area contributed by atoms with Crippen LogP contribution in [0, 0.1) is 18.3 Å². The predicted molar refractivity (Wildman–Crippen MR) is 118 cm³/mol. The zero-order valence-electron chi connectivity index (χ0n) is 17.5. The molecule has 0 aliphatic rings. The third kappa shape index (κ3) is 7.55. The van der Waals surface area contributed by atoms with E-state index in [0.29, 0.717) is 5.92 Å². The van der Waals surface area contributed by atoms with Crippen LogP contribution in [-0.4, -0.2) is 33.4 Å². The van der Waals surface area contributed by atoms with Gasteiger partial charge in [-0.05, 0) is 42.2 Å². The highest BCUT2D eigenvalue weighted by atomic mass is 32.2. The van der Waals surface area contributed by atoms with Gasteiger partial charge < -0.3 is 10.1 Å². The fraction of sp³-hybridized carbons (Fsp3) is 0.304. The zero-order chi connectivity index (χ0) is 22.9. The molecular weight excluding hydrogens is 416 g/mol. The Kier molecular flexibility index (Phi) is 8.79. The van der Waals surface area contributed by atoms with Crippen LogP contribution in [0.15, 0.2) is 59.5 Å². The molecule has 0 saturated heterocycles. The number of esters is 1. The Balaban J connectivity index is 1.95. The number of carbonyl (C=O) groups excluding carboxylic acids is 2. The molecule has 2 aromatic rings. The van der Waals surface area contributed by atoms with Gasteiger partial charge in [0, 0.05) is 0 Å². The highest BCUT2D eigenvalue weighted by Crippen LogP contribution is 2.21. The van der Waals surface area contributed by atoms with E-state index in [2.05, 4.69) is 29.8 Å². The minimum atomic E-state index is -3.75. The Hall–Kier alpha value is -3.15. The highest BCUT2D eigenvalue weighted by Gasteiger charge is 2.18. The lowest BCUT2D eigenvalue weighted by atomic mass is 9.97. The van der Waals surface area contributed by atoms with E-state index in [1.54, 1.807) is 0 Å². The molecule has 2 N–H and O–H groups in total. The number of carbonyl (C=O) groups is 2. The van der Waals surface area contributed by atoms with Crippen LogP contribution < -0.4 is 10.0 Å². The van der Waals surface area contributed by atoms with E-state index in [9.17, 15) is 18.0 Å². The molecule has 2 rings (SSSR count). The van der Waals surface area contributed by atoms with Crippen molar-refractivity contribution < 1.29 is 22.7 Å². The number of nitrogens with one attached hydrogen (secondary N) is 2. The number of hydrogen-bond donors (Lipinski definition) is 2. The molecule has 1 amide bonds. The van der Waals surface area contributed by atoms with Crippen LogP contribution in [0.3, 0.4) is 0 Å². The third-order valence-electron chi connectivity index (χ3n) is 4.34. The van der Waals surface area contributed by atoms with E-state index in [1.807, 2.05) is 30.3 Å². The molecule has 8 heteroatoms. The van der Waals surface area contributed by atoms with E-state index in [4.69, 9.17) is 11.2 Å². The second kappa shape index (κ2) is 11.3. The van der Waals surface area contributed by atoms with Crippen LogP contribution in [0.1, 0.15) is 42.2 Å². The average molecular weight is 443 g/mol. The SMILES string of the molecule is C#CCNS(=O)(=O)c1ccc(C(=O)OCC(=O)NC(CC(C)C)c2ccccc2)cc1. The molecule has 0 aliphatic carbocycles. The van der Waals surface area contributed by atoms with Gasteiger partial charge in [-0.15, -0.1) is 6.42 Å². The largest absolute Gasteiger partial charge is 0.452 e. The molecule has 0 saturated carbocycles. The van der Waals surface area contributed by atoms with Gasteiger partial charge in [0.1, 0.15) is 0 Å². The second-order valence-corrected chi connectivity index (χ2v) is 9.06. The van der Waals surface area contributed by atoms with E-state index in [-0.39, 0.29) is 23.0 Å². The molecule has 0 aliphatic heterocycles. The van der Waals surface area contributed by atoms with Gasteiger partial charge in [-0.1, -0.05) is 50.1 Å². The van der Waals surface area contributed by atoms with Crippen molar-refractivity contribution in [2.75, 3.05) is 13.2 Å². The van der Waals surface area contributed by atoms with Gasteiger partial charge in [0.15, 0.2) is 6.61 Å². The van der Waals surface area contributed by atoms with E-state index >= 15 is 0 Å². The lowest BCUT2D eigenvalue weighted by molar-refractivity contribution is -0.125. The molecular formula is C23H26N2O5S. The van der Waals surface area contributed by atoms with E-state index < -0.39 is 28.5 Å². The third-order valence-corrected chi connectivity index (χ3v) is 5.76. The summed E-state index contributed by atoms with van der Waals surface area (Å²) >= 11 is 0. The lowest BCUT2D eigenvalue weighted by Crippen LogP contribution is -2.33. The number of sulfonamides is 1. The second-order valence-electron chi connectivity index (χ2n) is 7.29. The fourth-order valence-corrected chi connectivity index (χ4v) is 3.81. The number of amides is 1. The molecule has 0 bridgehead atoms. The zero-order valence-corrected chi connectivity index (χ0v) is 18.3. The molecule has 0 heterocycles. The van der Waals surface area contributed by atoms with Gasteiger partial charge in [0.2, 0.25) is 10.0 Å².